The van der Waals surface area contributed by atoms with Gasteiger partial charge in [-0.05, 0) is 36.6 Å². The smallest absolute Gasteiger partial charge is 0.332 e. The Balaban J connectivity index is 2.14. The van der Waals surface area contributed by atoms with Crippen molar-refractivity contribution in [3.05, 3.63) is 61.5 Å². The average Bonchev–Trinajstić information content (AvgIpc) is 3.06. The summed E-state index contributed by atoms with van der Waals surface area (Å²) < 4.78 is 2.84. The minimum absolute atomic E-state index is 0.306. The van der Waals surface area contributed by atoms with Crippen LogP contribution in [0.1, 0.15) is 38.1 Å². The Labute approximate surface area is 155 Å². The van der Waals surface area contributed by atoms with Crippen LogP contribution in [0.3, 0.4) is 0 Å². The number of aryl methyl sites for hydroxylation is 1. The van der Waals surface area contributed by atoms with Crippen LogP contribution in [0, 0.1) is 0 Å². The van der Waals surface area contributed by atoms with Gasteiger partial charge in [0.25, 0.3) is 5.56 Å². The predicted molar refractivity (Wildman–Crippen MR) is 106 cm³/mol. The number of imidazole rings is 1. The Morgan fingerprint density at radius 3 is 2.46 bits per heavy atom. The van der Waals surface area contributed by atoms with Crippen LogP contribution in [0.15, 0.2) is 33.9 Å². The van der Waals surface area contributed by atoms with Gasteiger partial charge in [-0.2, -0.15) is 0 Å². The number of hydrogen-bond acceptors (Lipinski definition) is 3. The highest BCUT2D eigenvalue weighted by Crippen LogP contribution is 2.17. The molecular weight excluding hydrogens is 352 g/mol. The normalized spacial score (nSPS) is 11.7. The second kappa shape index (κ2) is 7.74. The second-order valence-corrected chi connectivity index (χ2v) is 6.47. The van der Waals surface area contributed by atoms with Gasteiger partial charge in [0.2, 0.25) is 0 Å². The molecule has 3 aromatic rings. The van der Waals surface area contributed by atoms with E-state index in [0.29, 0.717) is 41.5 Å². The Morgan fingerprint density at radius 2 is 1.77 bits per heavy atom. The molecule has 0 aliphatic heterocycles. The van der Waals surface area contributed by atoms with Crippen LogP contribution in [-0.4, -0.2) is 19.1 Å². The largest absolute Gasteiger partial charge is 0.333 e. The van der Waals surface area contributed by atoms with Gasteiger partial charge < -0.3 is 4.98 Å². The molecule has 0 unspecified atom stereocenters. The van der Waals surface area contributed by atoms with E-state index in [1.165, 1.54) is 4.57 Å². The molecule has 0 saturated heterocycles. The minimum Gasteiger partial charge on any atom is -0.333 e. The fraction of sp³-hybridized carbons (Fsp3) is 0.316. The van der Waals surface area contributed by atoms with Crippen molar-refractivity contribution < 1.29 is 0 Å². The van der Waals surface area contributed by atoms with Gasteiger partial charge >= 0.3 is 5.69 Å². The molecule has 0 atom stereocenters. The van der Waals surface area contributed by atoms with Gasteiger partial charge in [0.05, 0.1) is 0 Å². The maximum absolute atomic E-state index is 12.7. The summed E-state index contributed by atoms with van der Waals surface area (Å²) in [7, 11) is 0. The van der Waals surface area contributed by atoms with E-state index in [1.54, 1.807) is 10.6 Å². The van der Waals surface area contributed by atoms with E-state index in [4.69, 9.17) is 11.6 Å². The molecule has 0 aliphatic rings. The number of benzene rings is 1. The third-order valence-corrected chi connectivity index (χ3v) is 4.44. The molecule has 1 aromatic carbocycles. The molecule has 0 aliphatic carbocycles. The van der Waals surface area contributed by atoms with Crippen LogP contribution in [0.2, 0.25) is 5.02 Å². The Morgan fingerprint density at radius 1 is 1.08 bits per heavy atom. The highest BCUT2D eigenvalue weighted by atomic mass is 35.5. The summed E-state index contributed by atoms with van der Waals surface area (Å²) in [5.41, 5.74) is 0.964. The standard InChI is InChI=1S/C19H21ClN4O2/c1-3-11-23-17-16(18(25)24(12-4-2)19(23)26)21-15(22-17)10-9-13-7-5-6-8-14(13)20/h5-10H,3-4,11-12H2,1-2H3,(H,21,22). The van der Waals surface area contributed by atoms with Crippen molar-refractivity contribution in [3.63, 3.8) is 0 Å². The summed E-state index contributed by atoms with van der Waals surface area (Å²) in [6.45, 7) is 4.82. The summed E-state index contributed by atoms with van der Waals surface area (Å²) >= 11 is 6.16. The van der Waals surface area contributed by atoms with Crippen molar-refractivity contribution in [1.82, 2.24) is 19.1 Å². The molecule has 7 heteroatoms. The SMILES string of the molecule is CCCn1c(=O)c2[nH]c(C=Cc3ccccc3Cl)nc2n(CCC)c1=O. The van der Waals surface area contributed by atoms with E-state index in [2.05, 4.69) is 9.97 Å². The first-order valence-corrected chi connectivity index (χ1v) is 9.10. The molecule has 0 saturated carbocycles. The number of hydrogen-bond donors (Lipinski definition) is 1. The number of nitrogens with one attached hydrogen (secondary N) is 1. The molecule has 26 heavy (non-hydrogen) atoms. The van der Waals surface area contributed by atoms with Crippen LogP contribution in [0.4, 0.5) is 0 Å². The number of aromatic nitrogens is 4. The van der Waals surface area contributed by atoms with Crippen LogP contribution in [-0.2, 0) is 13.1 Å². The van der Waals surface area contributed by atoms with Gasteiger partial charge in [-0.25, -0.2) is 9.78 Å². The first-order valence-electron chi connectivity index (χ1n) is 8.72. The lowest BCUT2D eigenvalue weighted by Crippen LogP contribution is -2.40. The molecule has 0 bridgehead atoms. The average molecular weight is 373 g/mol. The summed E-state index contributed by atoms with van der Waals surface area (Å²) in [5.74, 6) is 0.510. The first kappa shape index (κ1) is 18.2. The van der Waals surface area contributed by atoms with E-state index in [1.807, 2.05) is 44.2 Å². The molecule has 0 amide bonds. The molecule has 0 radical (unpaired) electrons. The summed E-state index contributed by atoms with van der Waals surface area (Å²) in [4.78, 5) is 32.8. The van der Waals surface area contributed by atoms with Gasteiger partial charge in [-0.3, -0.25) is 13.9 Å². The van der Waals surface area contributed by atoms with Crippen molar-refractivity contribution in [2.24, 2.45) is 0 Å². The van der Waals surface area contributed by atoms with E-state index in [-0.39, 0.29) is 11.2 Å². The topological polar surface area (TPSA) is 72.7 Å². The Hall–Kier alpha value is -2.60. The van der Waals surface area contributed by atoms with Gasteiger partial charge in [0.1, 0.15) is 11.3 Å². The van der Waals surface area contributed by atoms with Crippen LogP contribution in [0.5, 0.6) is 0 Å². The quantitative estimate of drug-likeness (QED) is 0.719. The zero-order valence-electron chi connectivity index (χ0n) is 14.8. The lowest BCUT2D eigenvalue weighted by molar-refractivity contribution is 0.555. The Kier molecular flexibility index (Phi) is 5.42. The lowest BCUT2D eigenvalue weighted by Gasteiger charge is -2.09. The minimum atomic E-state index is -0.330. The van der Waals surface area contributed by atoms with Crippen molar-refractivity contribution in [3.8, 4) is 0 Å². The van der Waals surface area contributed by atoms with Crippen LogP contribution in [0.25, 0.3) is 23.3 Å². The maximum atomic E-state index is 12.7. The zero-order chi connectivity index (χ0) is 18.7. The van der Waals surface area contributed by atoms with Gasteiger partial charge in [0, 0.05) is 18.1 Å². The monoisotopic (exact) mass is 372 g/mol. The van der Waals surface area contributed by atoms with E-state index in [0.717, 1.165) is 12.0 Å². The van der Waals surface area contributed by atoms with Crippen molar-refractivity contribution >= 4 is 34.9 Å². The highest BCUT2D eigenvalue weighted by molar-refractivity contribution is 6.32. The predicted octanol–water partition coefficient (Wildman–Crippen LogP) is 3.53. The molecule has 3 rings (SSSR count). The van der Waals surface area contributed by atoms with Gasteiger partial charge in [-0.15, -0.1) is 0 Å². The fourth-order valence-electron chi connectivity index (χ4n) is 2.89. The molecule has 2 heterocycles. The number of H-pyrrole nitrogens is 1. The number of rotatable bonds is 6. The third-order valence-electron chi connectivity index (χ3n) is 4.10. The molecule has 136 valence electrons. The molecule has 2 aromatic heterocycles. The van der Waals surface area contributed by atoms with Gasteiger partial charge in [0.15, 0.2) is 5.65 Å². The second-order valence-electron chi connectivity index (χ2n) is 6.07. The number of nitrogens with zero attached hydrogens (tertiary/aromatic N) is 3. The van der Waals surface area contributed by atoms with Crippen LogP contribution >= 0.6 is 11.6 Å². The lowest BCUT2D eigenvalue weighted by atomic mass is 10.2. The van der Waals surface area contributed by atoms with Crippen molar-refractivity contribution in [1.29, 1.82) is 0 Å². The third kappa shape index (κ3) is 3.37. The molecule has 0 fully saturated rings. The van der Waals surface area contributed by atoms with Crippen molar-refractivity contribution in [2.45, 2.75) is 39.8 Å². The fourth-order valence-corrected chi connectivity index (χ4v) is 3.09. The summed E-state index contributed by atoms with van der Waals surface area (Å²) in [5, 5.41) is 0.632. The Bertz CT molecular complexity index is 1080. The summed E-state index contributed by atoms with van der Waals surface area (Å²) in [6.07, 6.45) is 5.07. The molecular formula is C19H21ClN4O2. The van der Waals surface area contributed by atoms with E-state index >= 15 is 0 Å². The zero-order valence-corrected chi connectivity index (χ0v) is 15.6. The highest BCUT2D eigenvalue weighted by Gasteiger charge is 2.15. The summed E-state index contributed by atoms with van der Waals surface area (Å²) in [6, 6.07) is 7.46. The number of fused-ring (bicyclic) bond motifs is 1. The molecule has 1 N–H and O–H groups in total. The number of aromatic amines is 1. The maximum Gasteiger partial charge on any atom is 0.332 e. The van der Waals surface area contributed by atoms with Crippen molar-refractivity contribution in [2.75, 3.05) is 0 Å². The molecule has 0 spiro atoms. The van der Waals surface area contributed by atoms with E-state index in [9.17, 15) is 9.59 Å². The van der Waals surface area contributed by atoms with Gasteiger partial charge in [-0.1, -0.05) is 43.6 Å². The molecule has 6 nitrogen and oxygen atoms in total. The first-order chi connectivity index (χ1) is 12.6. The van der Waals surface area contributed by atoms with E-state index < -0.39 is 0 Å². The number of halogens is 1. The van der Waals surface area contributed by atoms with Crippen LogP contribution < -0.4 is 11.2 Å².